The van der Waals surface area contributed by atoms with Crippen LogP contribution in [0.5, 0.6) is 0 Å². The number of hydrogen-bond donors (Lipinski definition) is 0. The Morgan fingerprint density at radius 1 is 0.872 bits per heavy atom. The molecule has 0 spiro atoms. The Bertz CT molecular complexity index is 976. The van der Waals surface area contributed by atoms with Crippen LogP contribution >= 0.6 is 0 Å². The minimum atomic E-state index is -0.636. The number of hydrogen-bond acceptors (Lipinski definition) is 4. The highest BCUT2D eigenvalue weighted by atomic mass is 16.6. The van der Waals surface area contributed by atoms with Gasteiger partial charge in [0, 0.05) is 6.61 Å². The smallest absolute Gasteiger partial charge is 0.417 e. The van der Waals surface area contributed by atoms with E-state index in [1.165, 1.54) is 4.90 Å². The average molecular weight is 534 g/mol. The molecule has 1 aromatic rings. The average Bonchev–Trinajstić information content (AvgIpc) is 3.25. The van der Waals surface area contributed by atoms with Gasteiger partial charge >= 0.3 is 6.09 Å². The number of allylic oxidation sites excluding steroid dienone is 10. The van der Waals surface area contributed by atoms with Gasteiger partial charge in [0.2, 0.25) is 0 Å². The lowest BCUT2D eigenvalue weighted by molar-refractivity contribution is -0.141. The van der Waals surface area contributed by atoms with Crippen molar-refractivity contribution in [3.8, 4) is 0 Å². The highest BCUT2D eigenvalue weighted by Gasteiger charge is 2.45. The first-order valence-electron chi connectivity index (χ1n) is 14.5. The largest absolute Gasteiger partial charge is 0.439 e. The molecule has 2 unspecified atom stereocenters. The fourth-order valence-corrected chi connectivity index (χ4v) is 4.32. The van der Waals surface area contributed by atoms with Gasteiger partial charge in [-0.15, -0.1) is 0 Å². The molecule has 1 aromatic carbocycles. The molecule has 2 amide bonds. The predicted molar refractivity (Wildman–Crippen MR) is 160 cm³/mol. The summed E-state index contributed by atoms with van der Waals surface area (Å²) in [5, 5.41) is 0. The van der Waals surface area contributed by atoms with Crippen LogP contribution in [0.3, 0.4) is 0 Å². The minimum absolute atomic E-state index is 0.314. The van der Waals surface area contributed by atoms with E-state index in [1.807, 2.05) is 44.2 Å². The highest BCUT2D eigenvalue weighted by molar-refractivity contribution is 5.96. The molecular formula is C34H47NO4. The zero-order chi connectivity index (χ0) is 28.1. The Kier molecular flexibility index (Phi) is 16.3. The molecule has 0 radical (unpaired) electrons. The van der Waals surface area contributed by atoms with Crippen molar-refractivity contribution in [1.82, 2.24) is 4.90 Å². The molecule has 5 heteroatoms. The van der Waals surface area contributed by atoms with Gasteiger partial charge in [-0.25, -0.2) is 9.69 Å². The lowest BCUT2D eigenvalue weighted by atomic mass is 10.0. The molecule has 0 bridgehead atoms. The third kappa shape index (κ3) is 12.0. The van der Waals surface area contributed by atoms with E-state index in [4.69, 9.17) is 9.47 Å². The number of nitrogens with zero attached hydrogens (tertiary/aromatic N) is 1. The van der Waals surface area contributed by atoms with Crippen molar-refractivity contribution < 1.29 is 19.1 Å². The van der Waals surface area contributed by atoms with Gasteiger partial charge in [-0.05, 0) is 70.3 Å². The van der Waals surface area contributed by atoms with E-state index in [0.29, 0.717) is 13.0 Å². The van der Waals surface area contributed by atoms with E-state index in [9.17, 15) is 9.59 Å². The van der Waals surface area contributed by atoms with Crippen LogP contribution in [0.15, 0.2) is 91.1 Å². The monoisotopic (exact) mass is 533 g/mol. The standard InChI is InChI=1S/C34H47NO4/c1-4-6-7-8-9-10-11-12-13-14-15-16-17-18-19-20-21-25-28-38-31(5-2)33(36)35-29(3)32(39-34(35)37)30-26-23-22-24-27-30/h6-7,9-10,12-13,15-16,18-19,22-24,26-27,29,31-32H,4-5,8,11,14,17,20-21,25,28H2,1-3H3/b7-6-,10-9-,13-12-,16-15-,19-18-/t29-,31?,32?/m0/s1. The van der Waals surface area contributed by atoms with Crippen molar-refractivity contribution in [1.29, 1.82) is 0 Å². The molecule has 0 aromatic heterocycles. The summed E-state index contributed by atoms with van der Waals surface area (Å²) in [4.78, 5) is 26.8. The summed E-state index contributed by atoms with van der Waals surface area (Å²) >= 11 is 0. The molecule has 0 saturated carbocycles. The lowest BCUT2D eigenvalue weighted by Gasteiger charge is -2.24. The van der Waals surface area contributed by atoms with E-state index in [0.717, 1.165) is 56.9 Å². The number of unbranched alkanes of at least 4 members (excludes halogenated alkanes) is 2. The lowest BCUT2D eigenvalue weighted by Crippen LogP contribution is -2.44. The van der Waals surface area contributed by atoms with Gasteiger partial charge < -0.3 is 9.47 Å². The Morgan fingerprint density at radius 2 is 1.44 bits per heavy atom. The summed E-state index contributed by atoms with van der Waals surface area (Å²) < 4.78 is 11.4. The van der Waals surface area contributed by atoms with Crippen LogP contribution in [-0.4, -0.2) is 35.7 Å². The summed E-state index contributed by atoms with van der Waals surface area (Å²) in [6.45, 7) is 6.39. The summed E-state index contributed by atoms with van der Waals surface area (Å²) in [7, 11) is 0. The van der Waals surface area contributed by atoms with Crippen LogP contribution in [0.1, 0.15) is 90.2 Å². The molecule has 5 nitrogen and oxygen atoms in total. The first-order chi connectivity index (χ1) is 19.1. The van der Waals surface area contributed by atoms with Crippen molar-refractivity contribution in [3.63, 3.8) is 0 Å². The van der Waals surface area contributed by atoms with Gasteiger partial charge in [0.05, 0.1) is 6.04 Å². The number of amides is 2. The first kappa shape index (κ1) is 32.0. The van der Waals surface area contributed by atoms with E-state index in [-0.39, 0.29) is 11.9 Å². The van der Waals surface area contributed by atoms with Crippen LogP contribution in [0.2, 0.25) is 0 Å². The molecule has 2 rings (SSSR count). The predicted octanol–water partition coefficient (Wildman–Crippen LogP) is 8.81. The Balaban J connectivity index is 1.57. The molecule has 1 heterocycles. The summed E-state index contributed by atoms with van der Waals surface area (Å²) in [6.07, 6.45) is 28.7. The van der Waals surface area contributed by atoms with Crippen LogP contribution in [0.25, 0.3) is 0 Å². The molecule has 1 saturated heterocycles. The molecule has 212 valence electrons. The normalized spacial score (nSPS) is 18.9. The molecule has 3 atom stereocenters. The molecular weight excluding hydrogens is 486 g/mol. The molecule has 1 fully saturated rings. The number of imide groups is 1. The van der Waals surface area contributed by atoms with Gasteiger partial charge in [0.25, 0.3) is 5.91 Å². The maximum atomic E-state index is 13.1. The molecule has 0 N–H and O–H groups in total. The molecule has 1 aliphatic heterocycles. The SMILES string of the molecule is CC/C=C\C/C=C\C/C=C\C/C=C\C/C=C\CCCCOC(CC)C(=O)N1C(=O)OC(c2ccccc2)[C@@H]1C. The van der Waals surface area contributed by atoms with Crippen LogP contribution in [0.4, 0.5) is 4.79 Å². The van der Waals surface area contributed by atoms with Gasteiger partial charge in [0.1, 0.15) is 12.2 Å². The number of rotatable bonds is 18. The molecule has 39 heavy (non-hydrogen) atoms. The van der Waals surface area contributed by atoms with Crippen LogP contribution in [0, 0.1) is 0 Å². The second-order valence-electron chi connectivity index (χ2n) is 9.64. The van der Waals surface area contributed by atoms with Crippen molar-refractivity contribution >= 4 is 12.0 Å². The highest BCUT2D eigenvalue weighted by Crippen LogP contribution is 2.33. The third-order valence-corrected chi connectivity index (χ3v) is 6.52. The zero-order valence-electron chi connectivity index (χ0n) is 24.0. The number of carbonyl (C=O) groups excluding carboxylic acids is 2. The zero-order valence-corrected chi connectivity index (χ0v) is 24.0. The van der Waals surface area contributed by atoms with Crippen LogP contribution < -0.4 is 0 Å². The minimum Gasteiger partial charge on any atom is -0.439 e. The maximum Gasteiger partial charge on any atom is 0.417 e. The van der Waals surface area contributed by atoms with Gasteiger partial charge in [-0.3, -0.25) is 4.79 Å². The second-order valence-corrected chi connectivity index (χ2v) is 9.64. The van der Waals surface area contributed by atoms with Crippen molar-refractivity contribution in [3.05, 3.63) is 96.7 Å². The Morgan fingerprint density at radius 3 is 2.00 bits per heavy atom. The number of benzene rings is 1. The fourth-order valence-electron chi connectivity index (χ4n) is 4.32. The third-order valence-electron chi connectivity index (χ3n) is 6.52. The quantitative estimate of drug-likeness (QED) is 0.140. The van der Waals surface area contributed by atoms with E-state index >= 15 is 0 Å². The number of ether oxygens (including phenoxy) is 2. The van der Waals surface area contributed by atoms with Gasteiger partial charge in [0.15, 0.2) is 0 Å². The summed E-state index contributed by atoms with van der Waals surface area (Å²) in [6, 6.07) is 9.16. The van der Waals surface area contributed by atoms with Crippen molar-refractivity contribution in [2.24, 2.45) is 0 Å². The van der Waals surface area contributed by atoms with Crippen molar-refractivity contribution in [2.75, 3.05) is 6.61 Å². The second kappa shape index (κ2) is 19.8. The topological polar surface area (TPSA) is 55.8 Å². The maximum absolute atomic E-state index is 13.1. The summed E-state index contributed by atoms with van der Waals surface area (Å²) in [5.74, 6) is -0.314. The van der Waals surface area contributed by atoms with E-state index in [1.54, 1.807) is 0 Å². The Labute approximate surface area is 236 Å². The fraction of sp³-hybridized carbons (Fsp3) is 0.471. The van der Waals surface area contributed by atoms with Crippen LogP contribution in [-0.2, 0) is 14.3 Å². The Hall–Kier alpha value is -3.18. The van der Waals surface area contributed by atoms with Gasteiger partial charge in [-0.2, -0.15) is 0 Å². The molecule has 1 aliphatic rings. The number of cyclic esters (lactones) is 1. The first-order valence-corrected chi connectivity index (χ1v) is 14.5. The van der Waals surface area contributed by atoms with E-state index in [2.05, 4.69) is 67.7 Å². The van der Waals surface area contributed by atoms with Gasteiger partial charge in [-0.1, -0.05) is 105 Å². The summed E-state index contributed by atoms with van der Waals surface area (Å²) in [5.41, 5.74) is 0.887. The van der Waals surface area contributed by atoms with E-state index < -0.39 is 18.3 Å². The number of carbonyl (C=O) groups is 2. The van der Waals surface area contributed by atoms with Crippen molar-refractivity contribution in [2.45, 2.75) is 96.8 Å². The molecule has 0 aliphatic carbocycles.